The zero-order chi connectivity index (χ0) is 11.5. The van der Waals surface area contributed by atoms with Gasteiger partial charge in [-0.2, -0.15) is 0 Å². The Balaban J connectivity index is 2.34. The molecule has 0 unspecified atom stereocenters. The Kier molecular flexibility index (Phi) is 3.08. The van der Waals surface area contributed by atoms with Gasteiger partial charge in [-0.1, -0.05) is 6.92 Å². The zero-order valence-electron chi connectivity index (χ0n) is 9.44. The normalized spacial score (nSPS) is 15.4. The van der Waals surface area contributed by atoms with E-state index in [9.17, 15) is 4.79 Å². The molecule has 0 saturated carbocycles. The van der Waals surface area contributed by atoms with Crippen LogP contribution in [0.25, 0.3) is 0 Å². The summed E-state index contributed by atoms with van der Waals surface area (Å²) in [7, 11) is 0. The molecule has 86 valence electrons. The van der Waals surface area contributed by atoms with Gasteiger partial charge in [0.2, 0.25) is 0 Å². The van der Waals surface area contributed by atoms with Crippen molar-refractivity contribution in [2.24, 2.45) is 0 Å². The molecule has 4 heteroatoms. The highest BCUT2D eigenvalue weighted by Crippen LogP contribution is 2.23. The molecule has 1 saturated heterocycles. The quantitative estimate of drug-likeness (QED) is 0.845. The van der Waals surface area contributed by atoms with Crippen molar-refractivity contribution in [2.45, 2.75) is 26.2 Å². The summed E-state index contributed by atoms with van der Waals surface area (Å²) < 4.78 is 0. The van der Waals surface area contributed by atoms with Gasteiger partial charge in [0.25, 0.3) is 0 Å². The number of carbonyl (C=O) groups is 1. The molecule has 1 aliphatic heterocycles. The van der Waals surface area contributed by atoms with E-state index in [1.165, 1.54) is 19.0 Å². The lowest BCUT2D eigenvalue weighted by atomic mass is 10.1. The summed E-state index contributed by atoms with van der Waals surface area (Å²) in [5, 5.41) is 8.91. The summed E-state index contributed by atoms with van der Waals surface area (Å²) >= 11 is 0. The Hall–Kier alpha value is -1.58. The summed E-state index contributed by atoms with van der Waals surface area (Å²) in [6.45, 7) is 4.10. The van der Waals surface area contributed by atoms with Crippen molar-refractivity contribution < 1.29 is 9.90 Å². The second-order valence-electron chi connectivity index (χ2n) is 4.06. The second kappa shape index (κ2) is 4.51. The van der Waals surface area contributed by atoms with Crippen LogP contribution < -0.4 is 4.90 Å². The predicted octanol–water partition coefficient (Wildman–Crippen LogP) is 1.94. The van der Waals surface area contributed by atoms with Gasteiger partial charge in [0, 0.05) is 19.3 Å². The molecule has 0 spiro atoms. The first kappa shape index (κ1) is 10.9. The third-order valence-corrected chi connectivity index (χ3v) is 2.98. The SMILES string of the molecule is CCc1cc(C(=O)O)cnc1N1CCCC1. The molecular formula is C12H16N2O2. The first-order valence-electron chi connectivity index (χ1n) is 5.69. The average molecular weight is 220 g/mol. The number of aromatic nitrogens is 1. The van der Waals surface area contributed by atoms with E-state index in [4.69, 9.17) is 5.11 Å². The van der Waals surface area contributed by atoms with Gasteiger partial charge in [-0.05, 0) is 30.9 Å². The molecule has 4 nitrogen and oxygen atoms in total. The molecule has 1 aromatic heterocycles. The van der Waals surface area contributed by atoms with Crippen LogP contribution in [0, 0.1) is 0 Å². The lowest BCUT2D eigenvalue weighted by Gasteiger charge is -2.19. The summed E-state index contributed by atoms with van der Waals surface area (Å²) in [5.41, 5.74) is 1.31. The third-order valence-electron chi connectivity index (χ3n) is 2.98. The number of rotatable bonds is 3. The molecule has 1 aromatic rings. The van der Waals surface area contributed by atoms with Crippen molar-refractivity contribution in [3.8, 4) is 0 Å². The number of carboxylic acid groups (broad SMARTS) is 1. The molecule has 1 N–H and O–H groups in total. The number of nitrogens with zero attached hydrogens (tertiary/aromatic N) is 2. The van der Waals surface area contributed by atoms with Crippen LogP contribution in [-0.4, -0.2) is 29.1 Å². The van der Waals surface area contributed by atoms with E-state index in [0.717, 1.165) is 30.9 Å². The van der Waals surface area contributed by atoms with Crippen molar-refractivity contribution in [3.63, 3.8) is 0 Å². The molecule has 0 aliphatic carbocycles. The Morgan fingerprint density at radius 1 is 1.50 bits per heavy atom. The highest BCUT2D eigenvalue weighted by molar-refractivity contribution is 5.87. The molecule has 0 bridgehead atoms. The molecule has 2 rings (SSSR count). The fourth-order valence-electron chi connectivity index (χ4n) is 2.09. The maximum Gasteiger partial charge on any atom is 0.337 e. The summed E-state index contributed by atoms with van der Waals surface area (Å²) in [5.74, 6) is 0.0557. The molecule has 0 radical (unpaired) electrons. The lowest BCUT2D eigenvalue weighted by Crippen LogP contribution is -2.21. The van der Waals surface area contributed by atoms with Gasteiger partial charge in [-0.25, -0.2) is 9.78 Å². The molecule has 0 atom stereocenters. The van der Waals surface area contributed by atoms with Gasteiger partial charge in [-0.3, -0.25) is 0 Å². The fourth-order valence-corrected chi connectivity index (χ4v) is 2.09. The molecule has 0 aromatic carbocycles. The first-order chi connectivity index (χ1) is 7.72. The van der Waals surface area contributed by atoms with Gasteiger partial charge in [0.15, 0.2) is 0 Å². The van der Waals surface area contributed by atoms with Gasteiger partial charge >= 0.3 is 5.97 Å². The van der Waals surface area contributed by atoms with Crippen molar-refractivity contribution >= 4 is 11.8 Å². The number of aromatic carboxylic acids is 1. The Morgan fingerprint density at radius 2 is 2.19 bits per heavy atom. The molecule has 16 heavy (non-hydrogen) atoms. The van der Waals surface area contributed by atoms with Crippen LogP contribution >= 0.6 is 0 Å². The van der Waals surface area contributed by atoms with Gasteiger partial charge < -0.3 is 10.0 Å². The minimum absolute atomic E-state index is 0.278. The van der Waals surface area contributed by atoms with Crippen molar-refractivity contribution in [1.82, 2.24) is 4.98 Å². The van der Waals surface area contributed by atoms with E-state index >= 15 is 0 Å². The van der Waals surface area contributed by atoms with Crippen LogP contribution in [0.15, 0.2) is 12.3 Å². The number of pyridine rings is 1. The summed E-state index contributed by atoms with van der Waals surface area (Å²) in [6, 6.07) is 1.74. The number of aryl methyl sites for hydroxylation is 1. The second-order valence-corrected chi connectivity index (χ2v) is 4.06. The van der Waals surface area contributed by atoms with E-state index in [1.54, 1.807) is 6.07 Å². The van der Waals surface area contributed by atoms with Crippen LogP contribution in [0.1, 0.15) is 35.7 Å². The highest BCUT2D eigenvalue weighted by Gasteiger charge is 2.17. The van der Waals surface area contributed by atoms with Gasteiger partial charge in [-0.15, -0.1) is 0 Å². The minimum atomic E-state index is -0.907. The van der Waals surface area contributed by atoms with Gasteiger partial charge in [0.05, 0.1) is 5.56 Å². The topological polar surface area (TPSA) is 53.4 Å². The van der Waals surface area contributed by atoms with Crippen molar-refractivity contribution in [2.75, 3.05) is 18.0 Å². The molecule has 0 amide bonds. The standard InChI is InChI=1S/C12H16N2O2/c1-2-9-7-10(12(15)16)8-13-11(9)14-5-3-4-6-14/h7-8H,2-6H2,1H3,(H,15,16). The smallest absolute Gasteiger partial charge is 0.337 e. The number of anilines is 1. The average Bonchev–Trinajstić information content (AvgIpc) is 2.81. The van der Waals surface area contributed by atoms with Crippen LogP contribution in [-0.2, 0) is 6.42 Å². The van der Waals surface area contributed by atoms with E-state index in [-0.39, 0.29) is 5.56 Å². The summed E-state index contributed by atoms with van der Waals surface area (Å²) in [6.07, 6.45) is 4.67. The maximum atomic E-state index is 10.8. The molecule has 2 heterocycles. The largest absolute Gasteiger partial charge is 0.478 e. The Labute approximate surface area is 94.9 Å². The number of hydrogen-bond acceptors (Lipinski definition) is 3. The monoisotopic (exact) mass is 220 g/mol. The third kappa shape index (κ3) is 2.01. The maximum absolute atomic E-state index is 10.8. The van der Waals surface area contributed by atoms with Crippen LogP contribution in [0.2, 0.25) is 0 Å². The molecule has 1 aliphatic rings. The zero-order valence-corrected chi connectivity index (χ0v) is 9.44. The minimum Gasteiger partial charge on any atom is -0.478 e. The lowest BCUT2D eigenvalue weighted by molar-refractivity contribution is 0.0696. The number of carboxylic acids is 1. The van der Waals surface area contributed by atoms with Crippen LogP contribution in [0.5, 0.6) is 0 Å². The van der Waals surface area contributed by atoms with Crippen molar-refractivity contribution in [3.05, 3.63) is 23.4 Å². The van der Waals surface area contributed by atoms with E-state index in [2.05, 4.69) is 9.88 Å². The fraction of sp³-hybridized carbons (Fsp3) is 0.500. The highest BCUT2D eigenvalue weighted by atomic mass is 16.4. The van der Waals surface area contributed by atoms with E-state index in [1.807, 2.05) is 6.92 Å². The molecular weight excluding hydrogens is 204 g/mol. The summed E-state index contributed by atoms with van der Waals surface area (Å²) in [4.78, 5) is 17.4. The van der Waals surface area contributed by atoms with E-state index < -0.39 is 5.97 Å². The van der Waals surface area contributed by atoms with E-state index in [0.29, 0.717) is 0 Å². The Bertz CT molecular complexity index is 398. The van der Waals surface area contributed by atoms with Crippen molar-refractivity contribution in [1.29, 1.82) is 0 Å². The molecule has 1 fully saturated rings. The van der Waals surface area contributed by atoms with Crippen LogP contribution in [0.3, 0.4) is 0 Å². The van der Waals surface area contributed by atoms with Gasteiger partial charge in [0.1, 0.15) is 5.82 Å². The Morgan fingerprint density at radius 3 is 2.75 bits per heavy atom. The van der Waals surface area contributed by atoms with Crippen LogP contribution in [0.4, 0.5) is 5.82 Å². The first-order valence-corrected chi connectivity index (χ1v) is 5.69. The number of hydrogen-bond donors (Lipinski definition) is 1. The predicted molar refractivity (Wildman–Crippen MR) is 62.0 cm³/mol.